The number of methoxy groups -OCH3 is 2. The molecule has 0 saturated carbocycles. The van der Waals surface area contributed by atoms with Gasteiger partial charge in [0.05, 0.1) is 67.8 Å². The first kappa shape index (κ1) is 72.0. The van der Waals surface area contributed by atoms with Gasteiger partial charge >= 0.3 is 0 Å². The Morgan fingerprint density at radius 1 is 0.402 bits per heavy atom. The van der Waals surface area contributed by atoms with E-state index in [1.165, 1.54) is 25.4 Å². The zero-order valence-corrected chi connectivity index (χ0v) is 54.4. The fourth-order valence-corrected chi connectivity index (χ4v) is 6.51. The van der Waals surface area contributed by atoms with E-state index in [1.54, 1.807) is 123 Å². The Morgan fingerprint density at radius 3 is 1.28 bits per heavy atom. The summed E-state index contributed by atoms with van der Waals surface area (Å²) in [7, 11) is 3.14. The first-order valence-electron chi connectivity index (χ1n) is 22.5. The second-order valence-corrected chi connectivity index (χ2v) is 15.1. The van der Waals surface area contributed by atoms with Crippen LogP contribution < -0.4 is 9.47 Å². The molecule has 0 spiro atoms. The van der Waals surface area contributed by atoms with Crippen molar-refractivity contribution in [1.29, 1.82) is 26.3 Å². The van der Waals surface area contributed by atoms with Gasteiger partial charge < -0.3 is 34.4 Å². The SMILES string of the molecule is COc1c[c-]c(-c2ccccn2)cc1C#N.COc1ccnc(-c2[c-]ccc(C#N)c2)c1.N#Cc1c(F)c[c-]c(-c2ccccn2)c1F.N#Cc1cc(-c2ccccn2)[c-]cc1F.N#Cc1cc[c-]c(-c2ccccn2)c1.[Ir].[Ir].[Ir].[Ir].[Ir]. The van der Waals surface area contributed by atoms with Crippen molar-refractivity contribution in [3.63, 3.8) is 0 Å². The smallest absolute Gasteiger partial charge is 0.113 e. The van der Waals surface area contributed by atoms with E-state index in [4.69, 9.17) is 35.8 Å². The predicted molar refractivity (Wildman–Crippen MR) is 279 cm³/mol. The molecule has 12 nitrogen and oxygen atoms in total. The molecule has 82 heavy (non-hydrogen) atoms. The predicted octanol–water partition coefficient (Wildman–Crippen LogP) is 12.5. The van der Waals surface area contributed by atoms with Crippen molar-refractivity contribution in [3.05, 3.63) is 258 Å². The van der Waals surface area contributed by atoms with Gasteiger partial charge in [-0.15, -0.1) is 119 Å². The molecule has 20 heteroatoms. The van der Waals surface area contributed by atoms with E-state index in [9.17, 15) is 13.2 Å². The third-order valence-corrected chi connectivity index (χ3v) is 10.3. The summed E-state index contributed by atoms with van der Waals surface area (Å²) in [5, 5.41) is 43.8. The Hall–Kier alpha value is -8.06. The Morgan fingerprint density at radius 2 is 0.841 bits per heavy atom. The summed E-state index contributed by atoms with van der Waals surface area (Å²) in [4.78, 5) is 20.6. The van der Waals surface area contributed by atoms with Crippen LogP contribution in [0.4, 0.5) is 13.2 Å². The zero-order valence-electron chi connectivity index (χ0n) is 42.4. The van der Waals surface area contributed by atoms with Crippen LogP contribution in [0.1, 0.15) is 27.8 Å². The molecule has 5 heterocycles. The number of pyridine rings is 5. The molecule has 0 aliphatic rings. The molecular weight excluding hydrogens is 1930 g/mol. The summed E-state index contributed by atoms with van der Waals surface area (Å²) in [5.74, 6) is -1.14. The summed E-state index contributed by atoms with van der Waals surface area (Å²) in [6.45, 7) is 0. The molecule has 0 amide bonds. The molecule has 0 saturated heterocycles. The van der Waals surface area contributed by atoms with E-state index in [-0.39, 0.29) is 112 Å². The molecule has 10 rings (SSSR count). The van der Waals surface area contributed by atoms with Crippen molar-refractivity contribution >= 4 is 0 Å². The third kappa shape index (κ3) is 21.1. The van der Waals surface area contributed by atoms with Crippen LogP contribution in [0.2, 0.25) is 0 Å². The standard InChI is InChI=1S/2C13H9N2O.C12H5F2N2.C12H6FN2.C12H7N2.5Ir/c1-16-12-5-6-15-13(8-12)11-4-2-3-10(7-11)9-14;1-16-13-6-5-10(8-11(13)9-14)12-4-2-3-7-15-12;13-10-5-4-8(12(14)9(10)7-15)11-3-1-2-6-16-11;13-11-5-4-9(7-10(11)8-14)12-3-1-2-6-15-12;13-9-10-4-3-5-11(8-10)12-6-1-2-7-14-12;;;;;/h2-3,5-8H,1H3;2-4,6-8H,1H3;1-3,5-6H;1-3,5-7H;1-4,6-8H;;;;;/q5*-1;;;;;. The van der Waals surface area contributed by atoms with Crippen LogP contribution in [-0.4, -0.2) is 39.1 Å². The number of nitrogens with zero attached hydrogens (tertiary/aromatic N) is 10. The van der Waals surface area contributed by atoms with Gasteiger partial charge in [-0.05, 0) is 76.0 Å². The molecule has 5 aromatic heterocycles. The van der Waals surface area contributed by atoms with E-state index in [0.29, 0.717) is 39.4 Å². The first-order valence-corrected chi connectivity index (χ1v) is 22.5. The molecular formula is C62H36F3Ir5N10O2-5. The zero-order chi connectivity index (χ0) is 54.8. The average molecular weight is 1970 g/mol. The van der Waals surface area contributed by atoms with Crippen molar-refractivity contribution < 1.29 is 123 Å². The number of ether oxygens (including phenoxy) is 2. The number of aromatic nitrogens is 5. The molecule has 0 N–H and O–H groups in total. The molecule has 0 bridgehead atoms. The Balaban J connectivity index is 0.000000505. The van der Waals surface area contributed by atoms with Gasteiger partial charge in [0.2, 0.25) is 0 Å². The molecule has 417 valence electrons. The summed E-state index contributed by atoms with van der Waals surface area (Å²) >= 11 is 0. The fourth-order valence-electron chi connectivity index (χ4n) is 6.51. The van der Waals surface area contributed by atoms with Gasteiger partial charge in [0.15, 0.2) is 0 Å². The molecule has 5 radical (unpaired) electrons. The van der Waals surface area contributed by atoms with E-state index < -0.39 is 23.0 Å². The average Bonchev–Trinajstić information content (AvgIpc) is 3.52. The fraction of sp³-hybridized carbons (Fsp3) is 0.0323. The minimum absolute atomic E-state index is 0. The molecule has 0 unspecified atom stereocenters. The number of hydrogen-bond acceptors (Lipinski definition) is 12. The largest absolute Gasteiger partial charge is 0.539 e. The van der Waals surface area contributed by atoms with Crippen molar-refractivity contribution in [2.75, 3.05) is 14.2 Å². The summed E-state index contributed by atoms with van der Waals surface area (Å²) < 4.78 is 49.9. The Kier molecular flexibility index (Phi) is 33.8. The molecule has 0 aliphatic heterocycles. The molecule has 5 aromatic carbocycles. The quantitative estimate of drug-likeness (QED) is 0.137. The number of nitriles is 5. The van der Waals surface area contributed by atoms with Crippen LogP contribution in [0.5, 0.6) is 11.5 Å². The van der Waals surface area contributed by atoms with Crippen LogP contribution in [0.15, 0.2) is 183 Å². The maximum absolute atomic E-state index is 13.7. The normalized spacial score (nSPS) is 8.98. The van der Waals surface area contributed by atoms with Gasteiger partial charge in [-0.25, -0.2) is 0 Å². The van der Waals surface area contributed by atoms with E-state index in [2.05, 4.69) is 73.5 Å². The van der Waals surface area contributed by atoms with Gasteiger partial charge in [0.1, 0.15) is 5.75 Å². The molecule has 10 aromatic rings. The number of halogens is 3. The topological polar surface area (TPSA) is 202 Å². The maximum Gasteiger partial charge on any atom is 0.113 e. The van der Waals surface area contributed by atoms with Crippen molar-refractivity contribution in [2.24, 2.45) is 0 Å². The maximum atomic E-state index is 13.7. The second kappa shape index (κ2) is 38.6. The Labute approximate surface area is 540 Å². The van der Waals surface area contributed by atoms with Crippen molar-refractivity contribution in [1.82, 2.24) is 24.9 Å². The van der Waals surface area contributed by atoms with Crippen LogP contribution in [0, 0.1) is 104 Å². The van der Waals surface area contributed by atoms with Gasteiger partial charge in [-0.3, -0.25) is 13.2 Å². The van der Waals surface area contributed by atoms with Crippen LogP contribution in [-0.2, 0) is 101 Å². The molecule has 0 fully saturated rings. The van der Waals surface area contributed by atoms with Crippen LogP contribution in [0.3, 0.4) is 0 Å². The molecule has 0 aliphatic carbocycles. The monoisotopic (exact) mass is 1970 g/mol. The van der Waals surface area contributed by atoms with Gasteiger partial charge in [-0.1, -0.05) is 54.1 Å². The number of hydrogen-bond donors (Lipinski definition) is 0. The van der Waals surface area contributed by atoms with E-state index in [1.807, 2.05) is 48.5 Å². The van der Waals surface area contributed by atoms with Crippen molar-refractivity contribution in [2.45, 2.75) is 0 Å². The van der Waals surface area contributed by atoms with E-state index >= 15 is 0 Å². The first-order chi connectivity index (χ1) is 37.6. The minimum atomic E-state index is -0.929. The van der Waals surface area contributed by atoms with Gasteiger partial charge in [0.25, 0.3) is 0 Å². The van der Waals surface area contributed by atoms with Crippen molar-refractivity contribution in [3.8, 4) is 98.1 Å². The Bertz CT molecular complexity index is 3810. The minimum Gasteiger partial charge on any atom is -0.539 e. The van der Waals surface area contributed by atoms with Gasteiger partial charge in [0, 0.05) is 148 Å². The summed E-state index contributed by atoms with van der Waals surface area (Å²) in [6.07, 6.45) is 8.22. The van der Waals surface area contributed by atoms with Gasteiger partial charge in [-0.2, -0.15) is 26.3 Å². The number of rotatable bonds is 7. The van der Waals surface area contributed by atoms with Crippen LogP contribution in [0.25, 0.3) is 56.3 Å². The van der Waals surface area contributed by atoms with Crippen LogP contribution >= 0.6 is 0 Å². The van der Waals surface area contributed by atoms with E-state index in [0.717, 1.165) is 51.7 Å². The second-order valence-electron chi connectivity index (χ2n) is 15.1. The summed E-state index contributed by atoms with van der Waals surface area (Å²) in [6, 6.07) is 66.3. The third-order valence-electron chi connectivity index (χ3n) is 10.3. The number of benzene rings is 5. The summed E-state index contributed by atoms with van der Waals surface area (Å²) in [5.41, 5.74) is 7.53. The molecule has 0 atom stereocenters.